The minimum atomic E-state index is -0.863. The van der Waals surface area contributed by atoms with Crippen molar-refractivity contribution in [3.8, 4) is 0 Å². The molecule has 1 aromatic carbocycles. The van der Waals surface area contributed by atoms with Gasteiger partial charge in [-0.05, 0) is 23.3 Å². The SMILES string of the molecule is NC(c1ccnc(F)c1)C(O)c1ccccc1. The van der Waals surface area contributed by atoms with Gasteiger partial charge in [0.15, 0.2) is 0 Å². The van der Waals surface area contributed by atoms with Crippen LogP contribution in [-0.4, -0.2) is 10.1 Å². The summed E-state index contributed by atoms with van der Waals surface area (Å²) in [4.78, 5) is 3.45. The lowest BCUT2D eigenvalue weighted by molar-refractivity contribution is 0.147. The first-order valence-corrected chi connectivity index (χ1v) is 5.28. The molecule has 17 heavy (non-hydrogen) atoms. The normalized spacial score (nSPS) is 14.3. The van der Waals surface area contributed by atoms with Crippen LogP contribution in [0.3, 0.4) is 0 Å². The van der Waals surface area contributed by atoms with E-state index in [9.17, 15) is 9.50 Å². The monoisotopic (exact) mass is 232 g/mol. The smallest absolute Gasteiger partial charge is 0.213 e. The third-order valence-electron chi connectivity index (χ3n) is 2.62. The van der Waals surface area contributed by atoms with E-state index in [1.54, 1.807) is 18.2 Å². The van der Waals surface area contributed by atoms with Crippen LogP contribution in [0.5, 0.6) is 0 Å². The number of aliphatic hydroxyl groups is 1. The highest BCUT2D eigenvalue weighted by molar-refractivity contribution is 5.24. The summed E-state index contributed by atoms with van der Waals surface area (Å²) in [5.74, 6) is -0.599. The highest BCUT2D eigenvalue weighted by Crippen LogP contribution is 2.26. The Bertz CT molecular complexity index is 490. The van der Waals surface area contributed by atoms with Crippen LogP contribution < -0.4 is 5.73 Å². The van der Waals surface area contributed by atoms with E-state index in [0.717, 1.165) is 0 Å². The summed E-state index contributed by atoms with van der Waals surface area (Å²) in [5.41, 5.74) is 7.12. The summed E-state index contributed by atoms with van der Waals surface area (Å²) in [6, 6.07) is 11.2. The summed E-state index contributed by atoms with van der Waals surface area (Å²) < 4.78 is 12.9. The third kappa shape index (κ3) is 2.67. The first-order chi connectivity index (χ1) is 8.18. The van der Waals surface area contributed by atoms with Gasteiger partial charge in [0.2, 0.25) is 5.95 Å². The fraction of sp³-hybridized carbons (Fsp3) is 0.154. The van der Waals surface area contributed by atoms with Gasteiger partial charge in [-0.1, -0.05) is 30.3 Å². The molecule has 0 aliphatic carbocycles. The lowest BCUT2D eigenvalue weighted by Gasteiger charge is -2.19. The number of halogens is 1. The van der Waals surface area contributed by atoms with Crippen molar-refractivity contribution in [2.24, 2.45) is 5.73 Å². The summed E-state index contributed by atoms with van der Waals surface area (Å²) in [7, 11) is 0. The molecule has 3 nitrogen and oxygen atoms in total. The lowest BCUT2D eigenvalue weighted by Crippen LogP contribution is -2.19. The Morgan fingerprint density at radius 2 is 1.82 bits per heavy atom. The van der Waals surface area contributed by atoms with Crippen LogP contribution in [0.15, 0.2) is 48.7 Å². The molecule has 0 aliphatic rings. The molecule has 1 heterocycles. The highest BCUT2D eigenvalue weighted by atomic mass is 19.1. The van der Waals surface area contributed by atoms with Crippen LogP contribution in [0.4, 0.5) is 4.39 Å². The van der Waals surface area contributed by atoms with E-state index in [1.165, 1.54) is 12.3 Å². The zero-order valence-electron chi connectivity index (χ0n) is 9.12. The van der Waals surface area contributed by atoms with Crippen molar-refractivity contribution < 1.29 is 9.50 Å². The maximum atomic E-state index is 12.9. The Hall–Kier alpha value is -1.78. The minimum Gasteiger partial charge on any atom is -0.386 e. The average molecular weight is 232 g/mol. The maximum Gasteiger partial charge on any atom is 0.213 e. The van der Waals surface area contributed by atoms with Gasteiger partial charge in [0.25, 0.3) is 0 Å². The van der Waals surface area contributed by atoms with Gasteiger partial charge < -0.3 is 10.8 Å². The van der Waals surface area contributed by atoms with Gasteiger partial charge >= 0.3 is 0 Å². The van der Waals surface area contributed by atoms with E-state index in [-0.39, 0.29) is 0 Å². The predicted octanol–water partition coefficient (Wildman–Crippen LogP) is 1.95. The van der Waals surface area contributed by atoms with Crippen molar-refractivity contribution in [3.05, 3.63) is 65.7 Å². The van der Waals surface area contributed by atoms with Crippen molar-refractivity contribution >= 4 is 0 Å². The van der Waals surface area contributed by atoms with Crippen LogP contribution in [0.25, 0.3) is 0 Å². The number of aliphatic hydroxyl groups excluding tert-OH is 1. The van der Waals surface area contributed by atoms with Crippen LogP contribution in [0.1, 0.15) is 23.3 Å². The van der Waals surface area contributed by atoms with Crippen molar-refractivity contribution in [1.29, 1.82) is 0 Å². The fourth-order valence-electron chi connectivity index (χ4n) is 1.66. The zero-order valence-corrected chi connectivity index (χ0v) is 9.12. The third-order valence-corrected chi connectivity index (χ3v) is 2.62. The number of aromatic nitrogens is 1. The molecule has 0 aliphatic heterocycles. The second-order valence-corrected chi connectivity index (χ2v) is 3.79. The van der Waals surface area contributed by atoms with E-state index in [1.807, 2.05) is 18.2 Å². The number of benzene rings is 1. The summed E-state index contributed by atoms with van der Waals surface area (Å²) in [6.45, 7) is 0. The molecule has 0 amide bonds. The van der Waals surface area contributed by atoms with E-state index in [4.69, 9.17) is 5.73 Å². The second-order valence-electron chi connectivity index (χ2n) is 3.79. The molecule has 2 atom stereocenters. The van der Waals surface area contributed by atoms with Gasteiger partial charge in [-0.25, -0.2) is 4.98 Å². The van der Waals surface area contributed by atoms with Gasteiger partial charge in [0, 0.05) is 6.20 Å². The Morgan fingerprint density at radius 1 is 1.12 bits per heavy atom. The van der Waals surface area contributed by atoms with Gasteiger partial charge in [-0.3, -0.25) is 0 Å². The standard InChI is InChI=1S/C13H13FN2O/c14-11-8-10(6-7-16-11)12(15)13(17)9-4-2-1-3-5-9/h1-8,12-13,17H,15H2. The van der Waals surface area contributed by atoms with Crippen LogP contribution in [0.2, 0.25) is 0 Å². The molecule has 0 spiro atoms. The fourth-order valence-corrected chi connectivity index (χ4v) is 1.66. The Kier molecular flexibility index (Phi) is 3.46. The lowest BCUT2D eigenvalue weighted by atomic mass is 9.97. The van der Waals surface area contributed by atoms with Crippen molar-refractivity contribution in [2.75, 3.05) is 0 Å². The quantitative estimate of drug-likeness (QED) is 0.795. The van der Waals surface area contributed by atoms with Crippen LogP contribution in [-0.2, 0) is 0 Å². The molecule has 0 bridgehead atoms. The van der Waals surface area contributed by atoms with Crippen molar-refractivity contribution in [3.63, 3.8) is 0 Å². The molecule has 0 saturated heterocycles. The van der Waals surface area contributed by atoms with E-state index in [0.29, 0.717) is 11.1 Å². The molecular weight excluding hydrogens is 219 g/mol. The summed E-state index contributed by atoms with van der Waals surface area (Å²) in [5, 5.41) is 10.1. The molecule has 2 aromatic rings. The maximum absolute atomic E-state index is 12.9. The Labute approximate surface area is 98.7 Å². The molecule has 2 unspecified atom stereocenters. The van der Waals surface area contributed by atoms with Gasteiger partial charge in [0.1, 0.15) is 0 Å². The first kappa shape index (κ1) is 11.7. The largest absolute Gasteiger partial charge is 0.386 e. The number of hydrogen-bond donors (Lipinski definition) is 2. The highest BCUT2D eigenvalue weighted by Gasteiger charge is 2.18. The predicted molar refractivity (Wildman–Crippen MR) is 62.5 cm³/mol. The molecule has 0 saturated carbocycles. The minimum absolute atomic E-state index is 0.522. The number of nitrogens with zero attached hydrogens (tertiary/aromatic N) is 1. The Balaban J connectivity index is 2.23. The summed E-state index contributed by atoms with van der Waals surface area (Å²) >= 11 is 0. The number of hydrogen-bond acceptors (Lipinski definition) is 3. The number of pyridine rings is 1. The molecule has 0 radical (unpaired) electrons. The molecule has 3 N–H and O–H groups in total. The van der Waals surface area contributed by atoms with Gasteiger partial charge in [-0.15, -0.1) is 0 Å². The van der Waals surface area contributed by atoms with Crippen LogP contribution in [0, 0.1) is 5.95 Å². The molecular formula is C13H13FN2O. The van der Waals surface area contributed by atoms with Gasteiger partial charge in [0.05, 0.1) is 12.1 Å². The average Bonchev–Trinajstić information content (AvgIpc) is 2.38. The van der Waals surface area contributed by atoms with Crippen molar-refractivity contribution in [2.45, 2.75) is 12.1 Å². The molecule has 2 rings (SSSR count). The first-order valence-electron chi connectivity index (χ1n) is 5.28. The second kappa shape index (κ2) is 5.03. The molecule has 88 valence electrons. The number of rotatable bonds is 3. The molecule has 1 aromatic heterocycles. The van der Waals surface area contributed by atoms with E-state index < -0.39 is 18.1 Å². The van der Waals surface area contributed by atoms with Crippen molar-refractivity contribution in [1.82, 2.24) is 4.98 Å². The van der Waals surface area contributed by atoms with Crippen LogP contribution >= 0.6 is 0 Å². The topological polar surface area (TPSA) is 59.1 Å². The number of nitrogens with two attached hydrogens (primary N) is 1. The van der Waals surface area contributed by atoms with E-state index in [2.05, 4.69) is 4.98 Å². The van der Waals surface area contributed by atoms with Gasteiger partial charge in [-0.2, -0.15) is 4.39 Å². The molecule has 4 heteroatoms. The molecule has 0 fully saturated rings. The summed E-state index contributed by atoms with van der Waals surface area (Å²) in [6.07, 6.45) is 0.473. The Morgan fingerprint density at radius 3 is 2.47 bits per heavy atom. The van der Waals surface area contributed by atoms with E-state index >= 15 is 0 Å². The zero-order chi connectivity index (χ0) is 12.3.